The highest BCUT2D eigenvalue weighted by Crippen LogP contribution is 2.19. The van der Waals surface area contributed by atoms with Crippen LogP contribution < -0.4 is 10.1 Å². The number of hydrogen-bond donors (Lipinski definition) is 2. The third-order valence-electron chi connectivity index (χ3n) is 3.24. The van der Waals surface area contributed by atoms with Crippen molar-refractivity contribution in [3.63, 3.8) is 0 Å². The highest BCUT2D eigenvalue weighted by molar-refractivity contribution is 5.28. The third-order valence-corrected chi connectivity index (χ3v) is 3.24. The summed E-state index contributed by atoms with van der Waals surface area (Å²) in [6.07, 6.45) is 0.759. The summed E-state index contributed by atoms with van der Waals surface area (Å²) >= 11 is 0. The van der Waals surface area contributed by atoms with Gasteiger partial charge in [-0.2, -0.15) is 0 Å². The second-order valence-electron chi connectivity index (χ2n) is 5.46. The van der Waals surface area contributed by atoms with Crippen LogP contribution in [0.5, 0.6) is 5.75 Å². The summed E-state index contributed by atoms with van der Waals surface area (Å²) in [6.45, 7) is 7.57. The van der Waals surface area contributed by atoms with E-state index in [1.165, 1.54) is 0 Å². The minimum absolute atomic E-state index is 0.0176. The Hall–Kier alpha value is -1.10. The van der Waals surface area contributed by atoms with Gasteiger partial charge in [-0.15, -0.1) is 0 Å². The first-order valence-electron chi connectivity index (χ1n) is 7.13. The quantitative estimate of drug-likeness (QED) is 0.729. The Morgan fingerprint density at radius 2 is 2.15 bits per heavy atom. The molecule has 0 aliphatic heterocycles. The molecule has 1 aromatic rings. The third kappa shape index (κ3) is 5.49. The largest absolute Gasteiger partial charge is 0.491 e. The van der Waals surface area contributed by atoms with Crippen molar-refractivity contribution in [1.82, 2.24) is 5.32 Å². The summed E-state index contributed by atoms with van der Waals surface area (Å²) in [5, 5.41) is 12.8. The first kappa shape index (κ1) is 17.0. The lowest BCUT2D eigenvalue weighted by Gasteiger charge is -2.31. The first-order chi connectivity index (χ1) is 9.53. The van der Waals surface area contributed by atoms with Gasteiger partial charge < -0.3 is 19.9 Å². The van der Waals surface area contributed by atoms with Gasteiger partial charge in [-0.25, -0.2) is 0 Å². The van der Waals surface area contributed by atoms with Gasteiger partial charge in [0.15, 0.2) is 0 Å². The second-order valence-corrected chi connectivity index (χ2v) is 5.46. The second kappa shape index (κ2) is 8.25. The molecule has 1 aromatic carbocycles. The van der Waals surface area contributed by atoms with Crippen LogP contribution in [0.15, 0.2) is 24.3 Å². The number of hydrogen-bond acceptors (Lipinski definition) is 4. The Balaban J connectivity index is 2.61. The topological polar surface area (TPSA) is 50.7 Å². The number of aliphatic hydroxyl groups is 1. The van der Waals surface area contributed by atoms with Crippen LogP contribution in [0.1, 0.15) is 32.8 Å². The molecule has 0 radical (unpaired) electrons. The zero-order chi connectivity index (χ0) is 15.0. The average molecular weight is 281 g/mol. The molecular weight excluding hydrogens is 254 g/mol. The molecule has 0 aliphatic rings. The molecule has 4 nitrogen and oxygen atoms in total. The van der Waals surface area contributed by atoms with Crippen LogP contribution in [0, 0.1) is 0 Å². The smallest absolute Gasteiger partial charge is 0.120 e. The van der Waals surface area contributed by atoms with E-state index in [0.717, 1.165) is 24.3 Å². The van der Waals surface area contributed by atoms with Crippen molar-refractivity contribution in [1.29, 1.82) is 0 Å². The van der Waals surface area contributed by atoms with Crippen molar-refractivity contribution in [2.75, 3.05) is 20.3 Å². The van der Waals surface area contributed by atoms with Gasteiger partial charge in [-0.1, -0.05) is 19.1 Å². The lowest BCUT2D eigenvalue weighted by Crippen LogP contribution is -2.48. The van der Waals surface area contributed by atoms with Gasteiger partial charge >= 0.3 is 0 Å². The van der Waals surface area contributed by atoms with E-state index in [1.54, 1.807) is 7.11 Å². The Morgan fingerprint density at radius 1 is 1.40 bits per heavy atom. The van der Waals surface area contributed by atoms with E-state index in [-0.39, 0.29) is 18.2 Å². The molecule has 0 aromatic heterocycles. The van der Waals surface area contributed by atoms with E-state index in [0.29, 0.717) is 6.61 Å². The summed E-state index contributed by atoms with van der Waals surface area (Å²) in [5.41, 5.74) is 0.784. The molecule has 0 amide bonds. The maximum Gasteiger partial charge on any atom is 0.120 e. The Labute approximate surface area is 122 Å². The molecule has 0 bridgehead atoms. The maximum absolute atomic E-state index is 9.51. The van der Waals surface area contributed by atoms with Crippen molar-refractivity contribution < 1.29 is 14.6 Å². The fourth-order valence-corrected chi connectivity index (χ4v) is 2.40. The number of nitrogens with one attached hydrogen (secondary N) is 1. The first-order valence-corrected chi connectivity index (χ1v) is 7.13. The van der Waals surface area contributed by atoms with Gasteiger partial charge in [-0.3, -0.25) is 0 Å². The van der Waals surface area contributed by atoms with Crippen LogP contribution in [0.4, 0.5) is 0 Å². The standard InChI is InChI=1S/C16H27NO3/c1-5-17-16(3,12-18)10-13(2)20-15-8-6-7-14(9-15)11-19-4/h6-9,13,17-18H,5,10-12H2,1-4H3. The number of ether oxygens (including phenoxy) is 2. The van der Waals surface area contributed by atoms with Gasteiger partial charge in [0.1, 0.15) is 5.75 Å². The molecule has 0 aliphatic carbocycles. The maximum atomic E-state index is 9.51. The lowest BCUT2D eigenvalue weighted by molar-refractivity contribution is 0.111. The monoisotopic (exact) mass is 281 g/mol. The molecule has 0 saturated heterocycles. The molecule has 2 atom stereocenters. The van der Waals surface area contributed by atoms with Gasteiger partial charge in [0.05, 0.1) is 19.3 Å². The summed E-state index contributed by atoms with van der Waals surface area (Å²) < 4.78 is 11.1. The van der Waals surface area contributed by atoms with Crippen molar-refractivity contribution in [2.24, 2.45) is 0 Å². The number of benzene rings is 1. The molecule has 0 fully saturated rings. The zero-order valence-corrected chi connectivity index (χ0v) is 13.0. The molecule has 114 valence electrons. The average Bonchev–Trinajstić information content (AvgIpc) is 2.39. The molecular formula is C16H27NO3. The van der Waals surface area contributed by atoms with Crippen molar-refractivity contribution >= 4 is 0 Å². The van der Waals surface area contributed by atoms with Crippen LogP contribution in [-0.2, 0) is 11.3 Å². The highest BCUT2D eigenvalue weighted by Gasteiger charge is 2.25. The number of rotatable bonds is 9. The normalized spacial score (nSPS) is 15.7. The summed E-state index contributed by atoms with van der Waals surface area (Å²) in [7, 11) is 1.68. The SMILES string of the molecule is CCNC(C)(CO)CC(C)Oc1cccc(COC)c1. The Morgan fingerprint density at radius 3 is 2.75 bits per heavy atom. The number of methoxy groups -OCH3 is 1. The van der Waals surface area contributed by atoms with Crippen molar-refractivity contribution in [3.05, 3.63) is 29.8 Å². The van der Waals surface area contributed by atoms with Crippen LogP contribution in [0.25, 0.3) is 0 Å². The Kier molecular flexibility index (Phi) is 6.99. The predicted molar refractivity (Wildman–Crippen MR) is 81.0 cm³/mol. The van der Waals surface area contributed by atoms with Crippen molar-refractivity contribution in [3.8, 4) is 5.75 Å². The molecule has 20 heavy (non-hydrogen) atoms. The predicted octanol–water partition coefficient (Wildman–Crippen LogP) is 2.35. The van der Waals surface area contributed by atoms with Crippen LogP contribution >= 0.6 is 0 Å². The van der Waals surface area contributed by atoms with E-state index < -0.39 is 0 Å². The minimum Gasteiger partial charge on any atom is -0.491 e. The fraction of sp³-hybridized carbons (Fsp3) is 0.625. The van der Waals surface area contributed by atoms with Gasteiger partial charge in [-0.05, 0) is 38.1 Å². The fourth-order valence-electron chi connectivity index (χ4n) is 2.40. The minimum atomic E-state index is -0.307. The number of likely N-dealkylation sites (N-methyl/N-ethyl adjacent to an activating group) is 1. The molecule has 0 saturated carbocycles. The van der Waals surface area contributed by atoms with E-state index in [2.05, 4.69) is 5.32 Å². The molecule has 2 N–H and O–H groups in total. The lowest BCUT2D eigenvalue weighted by atomic mass is 9.95. The van der Waals surface area contributed by atoms with E-state index in [4.69, 9.17) is 9.47 Å². The molecule has 0 heterocycles. The molecule has 2 unspecified atom stereocenters. The van der Waals surface area contributed by atoms with Crippen LogP contribution in [-0.4, -0.2) is 37.0 Å². The highest BCUT2D eigenvalue weighted by atomic mass is 16.5. The van der Waals surface area contributed by atoms with Crippen molar-refractivity contribution in [2.45, 2.75) is 45.4 Å². The molecule has 4 heteroatoms. The van der Waals surface area contributed by atoms with Crippen LogP contribution in [0.2, 0.25) is 0 Å². The van der Waals surface area contributed by atoms with Gasteiger partial charge in [0.2, 0.25) is 0 Å². The van der Waals surface area contributed by atoms with Gasteiger partial charge in [0, 0.05) is 19.1 Å². The van der Waals surface area contributed by atoms with E-state index in [1.807, 2.05) is 45.0 Å². The van der Waals surface area contributed by atoms with Gasteiger partial charge in [0.25, 0.3) is 0 Å². The Bertz CT molecular complexity index is 397. The summed E-state index contributed by atoms with van der Waals surface area (Å²) in [4.78, 5) is 0. The van der Waals surface area contributed by atoms with Crippen LogP contribution in [0.3, 0.4) is 0 Å². The van der Waals surface area contributed by atoms with E-state index >= 15 is 0 Å². The zero-order valence-electron chi connectivity index (χ0n) is 13.0. The number of aliphatic hydroxyl groups excluding tert-OH is 1. The summed E-state index contributed by atoms with van der Waals surface area (Å²) in [6, 6.07) is 7.91. The summed E-state index contributed by atoms with van der Waals surface area (Å²) in [5.74, 6) is 0.837. The molecule has 0 spiro atoms. The van der Waals surface area contributed by atoms with E-state index in [9.17, 15) is 5.11 Å². The molecule has 1 rings (SSSR count).